The first-order valence-electron chi connectivity index (χ1n) is 9.67. The van der Waals surface area contributed by atoms with Crippen molar-refractivity contribution in [1.29, 1.82) is 0 Å². The number of hydrogen-bond donors (Lipinski definition) is 1. The lowest BCUT2D eigenvalue weighted by atomic mass is 10.1. The van der Waals surface area contributed by atoms with Gasteiger partial charge in [0, 0.05) is 17.1 Å². The van der Waals surface area contributed by atoms with Crippen LogP contribution >= 0.6 is 34.4 Å². The molecule has 3 heterocycles. The first-order chi connectivity index (χ1) is 14.6. The minimum Gasteiger partial charge on any atom is -0.296 e. The SMILES string of the molecule is Cc1nc(C2CC2)nc2sc(C(=O)Nc3nnc(SCc4ccccc4)s3)c(C)c12. The first-order valence-corrected chi connectivity index (χ1v) is 12.3. The van der Waals surface area contributed by atoms with Gasteiger partial charge >= 0.3 is 0 Å². The molecule has 9 heteroatoms. The van der Waals surface area contributed by atoms with Crippen LogP contribution < -0.4 is 5.32 Å². The molecule has 6 nitrogen and oxygen atoms in total. The monoisotopic (exact) mass is 453 g/mol. The molecule has 3 aromatic heterocycles. The normalized spacial score (nSPS) is 13.7. The zero-order chi connectivity index (χ0) is 20.7. The molecule has 0 atom stereocenters. The lowest BCUT2D eigenvalue weighted by Crippen LogP contribution is -2.11. The predicted octanol–water partition coefficient (Wildman–Crippen LogP) is 5.58. The number of thiophene rings is 1. The summed E-state index contributed by atoms with van der Waals surface area (Å²) in [4.78, 5) is 23.9. The maximum Gasteiger partial charge on any atom is 0.267 e. The lowest BCUT2D eigenvalue weighted by Gasteiger charge is -2.02. The van der Waals surface area contributed by atoms with Crippen molar-refractivity contribution in [2.75, 3.05) is 5.32 Å². The quantitative estimate of drug-likeness (QED) is 0.303. The molecule has 1 saturated carbocycles. The highest BCUT2D eigenvalue weighted by atomic mass is 32.2. The van der Waals surface area contributed by atoms with Gasteiger partial charge in [-0.1, -0.05) is 53.4 Å². The fraction of sp³-hybridized carbons (Fsp3) is 0.286. The third kappa shape index (κ3) is 3.97. The van der Waals surface area contributed by atoms with Gasteiger partial charge in [0.15, 0.2) is 4.34 Å². The second-order valence-electron chi connectivity index (χ2n) is 7.28. The predicted molar refractivity (Wildman–Crippen MR) is 123 cm³/mol. The van der Waals surface area contributed by atoms with Crippen LogP contribution in [0, 0.1) is 13.8 Å². The second-order valence-corrected chi connectivity index (χ2v) is 10.5. The van der Waals surface area contributed by atoms with Gasteiger partial charge in [-0.2, -0.15) is 0 Å². The highest BCUT2D eigenvalue weighted by Crippen LogP contribution is 2.40. The molecule has 1 N–H and O–H groups in total. The van der Waals surface area contributed by atoms with E-state index in [-0.39, 0.29) is 5.91 Å². The summed E-state index contributed by atoms with van der Waals surface area (Å²) in [6.07, 6.45) is 2.31. The number of thioether (sulfide) groups is 1. The van der Waals surface area contributed by atoms with Crippen LogP contribution in [-0.2, 0) is 5.75 Å². The summed E-state index contributed by atoms with van der Waals surface area (Å²) in [5.74, 6) is 2.05. The molecular weight excluding hydrogens is 434 g/mol. The van der Waals surface area contributed by atoms with Crippen LogP contribution in [0.4, 0.5) is 5.13 Å². The third-order valence-electron chi connectivity index (χ3n) is 4.97. The van der Waals surface area contributed by atoms with E-state index in [1.165, 1.54) is 28.2 Å². The van der Waals surface area contributed by atoms with Gasteiger partial charge < -0.3 is 0 Å². The molecule has 0 unspecified atom stereocenters. The van der Waals surface area contributed by atoms with Gasteiger partial charge in [-0.15, -0.1) is 21.5 Å². The fourth-order valence-electron chi connectivity index (χ4n) is 3.29. The highest BCUT2D eigenvalue weighted by Gasteiger charge is 2.28. The average Bonchev–Trinajstić information content (AvgIpc) is 3.41. The molecule has 1 amide bonds. The van der Waals surface area contributed by atoms with Crippen LogP contribution in [-0.4, -0.2) is 26.1 Å². The summed E-state index contributed by atoms with van der Waals surface area (Å²) < 4.78 is 0.831. The van der Waals surface area contributed by atoms with E-state index in [9.17, 15) is 4.79 Å². The molecule has 1 fully saturated rings. The number of anilines is 1. The molecule has 4 aromatic rings. The fourth-order valence-corrected chi connectivity index (χ4v) is 6.13. The van der Waals surface area contributed by atoms with Crippen molar-refractivity contribution in [2.45, 2.75) is 42.7 Å². The number of rotatable bonds is 6. The van der Waals surface area contributed by atoms with Crippen molar-refractivity contribution >= 4 is 55.7 Å². The number of amides is 1. The zero-order valence-electron chi connectivity index (χ0n) is 16.5. The topological polar surface area (TPSA) is 80.7 Å². The van der Waals surface area contributed by atoms with Crippen LogP contribution in [0.15, 0.2) is 34.7 Å². The van der Waals surface area contributed by atoms with E-state index in [0.717, 1.165) is 50.2 Å². The Labute approximate surface area is 186 Å². The standard InChI is InChI=1S/C21H19N5OS3/c1-11-15-12(2)22-17(14-8-9-14)23-19(15)29-16(11)18(27)24-20-25-26-21(30-20)28-10-13-6-4-3-5-7-13/h3-7,14H,8-10H2,1-2H3,(H,24,25,27). The molecule has 1 aromatic carbocycles. The molecule has 5 rings (SSSR count). The minimum absolute atomic E-state index is 0.168. The van der Waals surface area contributed by atoms with Crippen molar-refractivity contribution in [3.8, 4) is 0 Å². The van der Waals surface area contributed by atoms with Crippen molar-refractivity contribution in [3.63, 3.8) is 0 Å². The molecule has 1 aliphatic carbocycles. The van der Waals surface area contributed by atoms with Crippen molar-refractivity contribution in [1.82, 2.24) is 20.2 Å². The smallest absolute Gasteiger partial charge is 0.267 e. The number of hydrogen-bond acceptors (Lipinski definition) is 8. The zero-order valence-corrected chi connectivity index (χ0v) is 19.0. The second kappa shape index (κ2) is 8.05. The Bertz CT molecular complexity index is 1230. The average molecular weight is 454 g/mol. The number of aryl methyl sites for hydroxylation is 2. The summed E-state index contributed by atoms with van der Waals surface area (Å²) in [6, 6.07) is 10.2. The number of nitrogens with zero attached hydrogens (tertiary/aromatic N) is 4. The third-order valence-corrected chi connectivity index (χ3v) is 8.20. The van der Waals surface area contributed by atoms with E-state index in [1.807, 2.05) is 32.0 Å². The molecule has 0 radical (unpaired) electrons. The number of fused-ring (bicyclic) bond motifs is 1. The van der Waals surface area contributed by atoms with E-state index in [1.54, 1.807) is 11.8 Å². The summed E-state index contributed by atoms with van der Waals surface area (Å²) in [6.45, 7) is 3.96. The van der Waals surface area contributed by atoms with Crippen LogP contribution in [0.1, 0.15) is 51.1 Å². The van der Waals surface area contributed by atoms with Crippen LogP contribution in [0.2, 0.25) is 0 Å². The Balaban J connectivity index is 1.32. The van der Waals surface area contributed by atoms with Crippen LogP contribution in [0.5, 0.6) is 0 Å². The largest absolute Gasteiger partial charge is 0.296 e. The lowest BCUT2D eigenvalue weighted by molar-refractivity contribution is 0.103. The van der Waals surface area contributed by atoms with E-state index in [4.69, 9.17) is 4.98 Å². The molecule has 152 valence electrons. The molecular formula is C21H19N5OS3. The maximum absolute atomic E-state index is 12.9. The van der Waals surface area contributed by atoms with Gasteiger partial charge in [-0.25, -0.2) is 9.97 Å². The number of aromatic nitrogens is 4. The van der Waals surface area contributed by atoms with Crippen molar-refractivity contribution in [2.24, 2.45) is 0 Å². The molecule has 30 heavy (non-hydrogen) atoms. The Morgan fingerprint density at radius 2 is 1.93 bits per heavy atom. The van der Waals surface area contributed by atoms with E-state index >= 15 is 0 Å². The molecule has 0 bridgehead atoms. The summed E-state index contributed by atoms with van der Waals surface area (Å²) in [5, 5.41) is 12.7. The van der Waals surface area contributed by atoms with Crippen LogP contribution in [0.3, 0.4) is 0 Å². The van der Waals surface area contributed by atoms with E-state index in [0.29, 0.717) is 15.9 Å². The Morgan fingerprint density at radius 3 is 2.70 bits per heavy atom. The molecule has 1 aliphatic rings. The van der Waals surface area contributed by atoms with E-state index < -0.39 is 0 Å². The number of carbonyl (C=O) groups excluding carboxylic acids is 1. The number of nitrogens with one attached hydrogen (secondary N) is 1. The Morgan fingerprint density at radius 1 is 1.13 bits per heavy atom. The summed E-state index contributed by atoms with van der Waals surface area (Å²) in [7, 11) is 0. The number of carbonyl (C=O) groups is 1. The summed E-state index contributed by atoms with van der Waals surface area (Å²) >= 11 is 4.43. The molecule has 0 saturated heterocycles. The van der Waals surface area contributed by atoms with Gasteiger partial charge in [0.1, 0.15) is 10.7 Å². The van der Waals surface area contributed by atoms with E-state index in [2.05, 4.69) is 32.6 Å². The van der Waals surface area contributed by atoms with Gasteiger partial charge in [0.25, 0.3) is 5.91 Å². The van der Waals surface area contributed by atoms with Crippen LogP contribution in [0.25, 0.3) is 10.2 Å². The number of benzene rings is 1. The first kappa shape index (κ1) is 19.6. The van der Waals surface area contributed by atoms with Gasteiger partial charge in [-0.3, -0.25) is 10.1 Å². The van der Waals surface area contributed by atoms with Crippen molar-refractivity contribution in [3.05, 3.63) is 57.9 Å². The van der Waals surface area contributed by atoms with Crippen molar-refractivity contribution < 1.29 is 4.79 Å². The maximum atomic E-state index is 12.9. The molecule has 0 aliphatic heterocycles. The Kier molecular flexibility index (Phi) is 5.26. The molecule has 0 spiro atoms. The van der Waals surface area contributed by atoms with Gasteiger partial charge in [-0.05, 0) is 37.8 Å². The minimum atomic E-state index is -0.168. The summed E-state index contributed by atoms with van der Waals surface area (Å²) in [5.41, 5.74) is 3.10. The Hall–Kier alpha value is -2.36. The van der Waals surface area contributed by atoms with Gasteiger partial charge in [0.2, 0.25) is 5.13 Å². The highest BCUT2D eigenvalue weighted by molar-refractivity contribution is 8.00. The van der Waals surface area contributed by atoms with Gasteiger partial charge in [0.05, 0.1) is 10.6 Å².